The highest BCUT2D eigenvalue weighted by molar-refractivity contribution is 5.78. The van der Waals surface area contributed by atoms with Crippen molar-refractivity contribution in [2.75, 3.05) is 19.7 Å². The summed E-state index contributed by atoms with van der Waals surface area (Å²) in [6.07, 6.45) is 2.72. The Morgan fingerprint density at radius 3 is 3.10 bits per heavy atom. The number of hydrogen-bond acceptors (Lipinski definition) is 3. The zero-order valence-electron chi connectivity index (χ0n) is 13.0. The summed E-state index contributed by atoms with van der Waals surface area (Å²) >= 11 is 0. The lowest BCUT2D eigenvalue weighted by atomic mass is 9.92. The topological polar surface area (TPSA) is 50.4 Å². The fourth-order valence-corrected chi connectivity index (χ4v) is 2.80. The predicted molar refractivity (Wildman–Crippen MR) is 84.5 cm³/mol. The van der Waals surface area contributed by atoms with Crippen molar-refractivity contribution in [3.63, 3.8) is 0 Å². The molecule has 0 aliphatic carbocycles. The van der Waals surface area contributed by atoms with Crippen molar-refractivity contribution in [3.05, 3.63) is 29.8 Å². The Balaban J connectivity index is 1.75. The summed E-state index contributed by atoms with van der Waals surface area (Å²) in [5, 5.41) is 6.44. The molecular formula is C17H26N2O2. The van der Waals surface area contributed by atoms with Crippen LogP contribution in [0.5, 0.6) is 5.75 Å². The van der Waals surface area contributed by atoms with Crippen molar-refractivity contribution in [3.8, 4) is 5.75 Å². The van der Waals surface area contributed by atoms with Crippen molar-refractivity contribution in [2.45, 2.75) is 39.2 Å². The molecule has 1 saturated heterocycles. The van der Waals surface area contributed by atoms with Crippen molar-refractivity contribution in [1.82, 2.24) is 10.6 Å². The molecule has 1 aliphatic heterocycles. The average Bonchev–Trinajstić information content (AvgIpc) is 2.48. The van der Waals surface area contributed by atoms with Gasteiger partial charge in [-0.1, -0.05) is 12.1 Å². The Kier molecular flexibility index (Phi) is 6.05. The molecule has 0 aromatic heterocycles. The van der Waals surface area contributed by atoms with Gasteiger partial charge < -0.3 is 15.4 Å². The van der Waals surface area contributed by atoms with E-state index in [1.165, 1.54) is 5.56 Å². The maximum absolute atomic E-state index is 12.1. The van der Waals surface area contributed by atoms with E-state index in [4.69, 9.17) is 4.74 Å². The van der Waals surface area contributed by atoms with Crippen LogP contribution in [0.4, 0.5) is 0 Å². The second kappa shape index (κ2) is 8.03. The third kappa shape index (κ3) is 5.05. The van der Waals surface area contributed by atoms with Gasteiger partial charge in [-0.2, -0.15) is 0 Å². The van der Waals surface area contributed by atoms with Crippen molar-refractivity contribution >= 4 is 5.91 Å². The molecule has 1 amide bonds. The summed E-state index contributed by atoms with van der Waals surface area (Å²) in [7, 11) is 0. The molecule has 1 aromatic rings. The maximum Gasteiger partial charge on any atom is 0.223 e. The van der Waals surface area contributed by atoms with E-state index < -0.39 is 0 Å². The van der Waals surface area contributed by atoms with Gasteiger partial charge in [0.05, 0.1) is 6.61 Å². The first-order chi connectivity index (χ1) is 10.2. The third-order valence-electron chi connectivity index (χ3n) is 3.92. The number of amides is 1. The molecular weight excluding hydrogens is 264 g/mol. The summed E-state index contributed by atoms with van der Waals surface area (Å²) in [5.41, 5.74) is 1.19. The molecule has 0 spiro atoms. The molecule has 1 heterocycles. The molecule has 21 heavy (non-hydrogen) atoms. The molecule has 4 heteroatoms. The minimum Gasteiger partial charge on any atom is -0.494 e. The Labute approximate surface area is 127 Å². The molecule has 2 atom stereocenters. The van der Waals surface area contributed by atoms with Crippen LogP contribution in [-0.2, 0) is 11.2 Å². The quantitative estimate of drug-likeness (QED) is 0.844. The number of nitrogens with one attached hydrogen (secondary N) is 2. The summed E-state index contributed by atoms with van der Waals surface area (Å²) in [4.78, 5) is 12.1. The van der Waals surface area contributed by atoms with Gasteiger partial charge in [0.15, 0.2) is 0 Å². The number of carbonyl (C=O) groups excluding carboxylic acids is 1. The number of piperidine rings is 1. The first-order valence-electron chi connectivity index (χ1n) is 7.92. The number of carbonyl (C=O) groups is 1. The Hall–Kier alpha value is -1.55. The van der Waals surface area contributed by atoms with Crippen LogP contribution in [-0.4, -0.2) is 31.6 Å². The molecule has 1 aliphatic rings. The minimum absolute atomic E-state index is 0.163. The fraction of sp³-hybridized carbons (Fsp3) is 0.588. The van der Waals surface area contributed by atoms with Gasteiger partial charge >= 0.3 is 0 Å². The van der Waals surface area contributed by atoms with Crippen molar-refractivity contribution in [2.24, 2.45) is 5.92 Å². The summed E-state index contributed by atoms with van der Waals surface area (Å²) < 4.78 is 5.49. The molecule has 0 bridgehead atoms. The minimum atomic E-state index is 0.163. The van der Waals surface area contributed by atoms with Crippen LogP contribution in [0, 0.1) is 5.92 Å². The van der Waals surface area contributed by atoms with Gasteiger partial charge in [0.1, 0.15) is 5.75 Å². The van der Waals surface area contributed by atoms with Gasteiger partial charge in [0.25, 0.3) is 0 Å². The summed E-state index contributed by atoms with van der Waals surface area (Å²) in [6.45, 7) is 6.42. The lowest BCUT2D eigenvalue weighted by Crippen LogP contribution is -2.42. The van der Waals surface area contributed by atoms with E-state index in [1.54, 1.807) is 0 Å². The molecule has 1 aromatic carbocycles. The molecule has 0 saturated carbocycles. The second-order valence-corrected chi connectivity index (χ2v) is 5.70. The van der Waals surface area contributed by atoms with E-state index in [0.717, 1.165) is 31.6 Å². The zero-order chi connectivity index (χ0) is 15.1. The fourth-order valence-electron chi connectivity index (χ4n) is 2.80. The zero-order valence-corrected chi connectivity index (χ0v) is 13.0. The lowest BCUT2D eigenvalue weighted by molar-refractivity contribution is -0.126. The number of hydrogen-bond donors (Lipinski definition) is 2. The van der Waals surface area contributed by atoms with Crippen LogP contribution >= 0.6 is 0 Å². The average molecular weight is 290 g/mol. The van der Waals surface area contributed by atoms with Gasteiger partial charge in [0.2, 0.25) is 5.91 Å². The van der Waals surface area contributed by atoms with Gasteiger partial charge in [-0.15, -0.1) is 0 Å². The van der Waals surface area contributed by atoms with Gasteiger partial charge in [-0.3, -0.25) is 4.79 Å². The summed E-state index contributed by atoms with van der Waals surface area (Å²) in [6, 6.07) is 8.51. The Morgan fingerprint density at radius 1 is 1.48 bits per heavy atom. The Morgan fingerprint density at radius 2 is 2.33 bits per heavy atom. The van der Waals surface area contributed by atoms with E-state index in [2.05, 4.69) is 23.6 Å². The molecule has 4 nitrogen and oxygen atoms in total. The largest absolute Gasteiger partial charge is 0.494 e. The Bertz CT molecular complexity index is 462. The van der Waals surface area contributed by atoms with E-state index >= 15 is 0 Å². The van der Waals surface area contributed by atoms with Crippen LogP contribution in [0.3, 0.4) is 0 Å². The highest BCUT2D eigenvalue weighted by Gasteiger charge is 2.24. The highest BCUT2D eigenvalue weighted by Crippen LogP contribution is 2.16. The highest BCUT2D eigenvalue weighted by atomic mass is 16.5. The van der Waals surface area contributed by atoms with E-state index in [-0.39, 0.29) is 11.8 Å². The monoisotopic (exact) mass is 290 g/mol. The molecule has 0 unspecified atom stereocenters. The van der Waals surface area contributed by atoms with E-state index in [1.807, 2.05) is 25.1 Å². The van der Waals surface area contributed by atoms with Crippen molar-refractivity contribution < 1.29 is 9.53 Å². The third-order valence-corrected chi connectivity index (χ3v) is 3.92. The second-order valence-electron chi connectivity index (χ2n) is 5.70. The normalized spacial score (nSPS) is 21.8. The molecule has 116 valence electrons. The number of rotatable bonds is 6. The van der Waals surface area contributed by atoms with Crippen LogP contribution in [0.15, 0.2) is 24.3 Å². The standard InChI is InChI=1S/C17H26N2O2/c1-3-21-16-6-4-5-14(12-16)7-9-19-17(20)15-8-10-18-13(2)11-15/h4-6,12-13,15,18H,3,7-11H2,1-2H3,(H,19,20)/t13-,15-/m0/s1. The lowest BCUT2D eigenvalue weighted by Gasteiger charge is -2.27. The predicted octanol–water partition coefficient (Wildman–Crippen LogP) is 2.13. The SMILES string of the molecule is CCOc1cccc(CCNC(=O)[C@H]2CCN[C@@H](C)C2)c1. The van der Waals surface area contributed by atoms with Crippen molar-refractivity contribution in [1.29, 1.82) is 0 Å². The molecule has 2 N–H and O–H groups in total. The first kappa shape index (κ1) is 15.8. The van der Waals surface area contributed by atoms with Crippen LogP contribution in [0.25, 0.3) is 0 Å². The molecule has 0 radical (unpaired) electrons. The van der Waals surface area contributed by atoms with Crippen LogP contribution in [0.2, 0.25) is 0 Å². The van der Waals surface area contributed by atoms with Crippen LogP contribution < -0.4 is 15.4 Å². The van der Waals surface area contributed by atoms with E-state index in [9.17, 15) is 4.79 Å². The molecule has 2 rings (SSSR count). The first-order valence-corrected chi connectivity index (χ1v) is 7.92. The number of ether oxygens (including phenoxy) is 1. The van der Waals surface area contributed by atoms with Gasteiger partial charge in [0, 0.05) is 18.5 Å². The smallest absolute Gasteiger partial charge is 0.223 e. The van der Waals surface area contributed by atoms with Crippen LogP contribution in [0.1, 0.15) is 32.3 Å². The van der Waals surface area contributed by atoms with E-state index in [0.29, 0.717) is 19.2 Å². The van der Waals surface area contributed by atoms with Gasteiger partial charge in [-0.05, 0) is 57.4 Å². The maximum atomic E-state index is 12.1. The summed E-state index contributed by atoms with van der Waals surface area (Å²) in [5.74, 6) is 1.26. The molecule has 1 fully saturated rings. The van der Waals surface area contributed by atoms with Gasteiger partial charge in [-0.25, -0.2) is 0 Å². The number of benzene rings is 1.